The van der Waals surface area contributed by atoms with Gasteiger partial charge in [-0.15, -0.1) is 0 Å². The van der Waals surface area contributed by atoms with Crippen molar-refractivity contribution in [1.29, 1.82) is 0 Å². The Morgan fingerprint density at radius 2 is 0.608 bits per heavy atom. The third-order valence-electron chi connectivity index (χ3n) is 9.84. The first-order chi connectivity index (χ1) is 25.3. The molecule has 0 bridgehead atoms. The summed E-state index contributed by atoms with van der Waals surface area (Å²) >= 11 is 0. The van der Waals surface area contributed by atoms with Gasteiger partial charge in [0.15, 0.2) is 0 Å². The topological polar surface area (TPSA) is 3.24 Å². The lowest BCUT2D eigenvalue weighted by Crippen LogP contribution is -2.11. The van der Waals surface area contributed by atoms with Crippen molar-refractivity contribution in [3.8, 4) is 44.5 Å². The number of benzene rings is 9. The zero-order chi connectivity index (χ0) is 34.0. The maximum absolute atomic E-state index is 2.37. The molecule has 0 radical (unpaired) electrons. The van der Waals surface area contributed by atoms with Gasteiger partial charge in [-0.3, -0.25) is 0 Å². The van der Waals surface area contributed by atoms with Crippen molar-refractivity contribution in [2.75, 3.05) is 4.90 Å². The fourth-order valence-corrected chi connectivity index (χ4v) is 7.17. The third kappa shape index (κ3) is 6.07. The Bertz CT molecular complexity index is 2600. The molecule has 0 aliphatic heterocycles. The highest BCUT2D eigenvalue weighted by Crippen LogP contribution is 2.42. The maximum Gasteiger partial charge on any atom is 0.0540 e. The van der Waals surface area contributed by atoms with Crippen LogP contribution in [0.4, 0.5) is 17.1 Å². The minimum absolute atomic E-state index is 1.11. The molecule has 1 nitrogen and oxygen atoms in total. The zero-order valence-corrected chi connectivity index (χ0v) is 28.2. The summed E-state index contributed by atoms with van der Waals surface area (Å²) in [5, 5.41) is 5.00. The summed E-state index contributed by atoms with van der Waals surface area (Å²) < 4.78 is 0. The van der Waals surface area contributed by atoms with Crippen LogP contribution in [0.25, 0.3) is 66.1 Å². The molecule has 9 aromatic rings. The number of nitrogens with zero attached hydrogens (tertiary/aromatic N) is 1. The number of hydrogen-bond acceptors (Lipinski definition) is 1. The van der Waals surface area contributed by atoms with Crippen molar-refractivity contribution in [1.82, 2.24) is 0 Å². The molecule has 0 saturated carbocycles. The Morgan fingerprint density at radius 3 is 1.20 bits per heavy atom. The first kappa shape index (κ1) is 30.4. The monoisotopic (exact) mass is 649 g/mol. The van der Waals surface area contributed by atoms with Crippen LogP contribution in [0, 0.1) is 0 Å². The van der Waals surface area contributed by atoms with Crippen LogP contribution < -0.4 is 4.90 Å². The quantitative estimate of drug-likeness (QED) is 0.166. The molecule has 0 unspecified atom stereocenters. The number of rotatable bonds is 7. The zero-order valence-electron chi connectivity index (χ0n) is 28.2. The van der Waals surface area contributed by atoms with Gasteiger partial charge in [-0.05, 0) is 109 Å². The van der Waals surface area contributed by atoms with Crippen LogP contribution in [-0.2, 0) is 0 Å². The number of anilines is 3. The normalized spacial score (nSPS) is 11.1. The molecule has 9 rings (SSSR count). The Balaban J connectivity index is 1.07. The van der Waals surface area contributed by atoms with Gasteiger partial charge in [0.2, 0.25) is 0 Å². The highest BCUT2D eigenvalue weighted by Gasteiger charge is 2.17. The van der Waals surface area contributed by atoms with Gasteiger partial charge in [0.1, 0.15) is 0 Å². The minimum atomic E-state index is 1.11. The lowest BCUT2D eigenvalue weighted by Gasteiger charge is -2.28. The van der Waals surface area contributed by atoms with Crippen LogP contribution >= 0.6 is 0 Å². The van der Waals surface area contributed by atoms with E-state index in [1.165, 1.54) is 66.1 Å². The predicted molar refractivity (Wildman–Crippen MR) is 218 cm³/mol. The summed E-state index contributed by atoms with van der Waals surface area (Å²) in [4.78, 5) is 2.37. The highest BCUT2D eigenvalue weighted by molar-refractivity contribution is 5.94. The highest BCUT2D eigenvalue weighted by atomic mass is 15.1. The summed E-state index contributed by atoms with van der Waals surface area (Å²) in [5.41, 5.74) is 13.0. The molecule has 0 saturated heterocycles. The second-order valence-electron chi connectivity index (χ2n) is 13.0. The van der Waals surface area contributed by atoms with E-state index in [9.17, 15) is 0 Å². The SMILES string of the molecule is c1ccc(-c2ccc(N(c3ccc(-c4ccc5cc(-c6ccc7ccccc7c6)ccc5c4)cc3)c3ccccc3-c3ccccc3)cc2)cc1. The fourth-order valence-electron chi connectivity index (χ4n) is 7.17. The van der Waals surface area contributed by atoms with Crippen molar-refractivity contribution < 1.29 is 0 Å². The fraction of sp³-hybridized carbons (Fsp3) is 0. The molecule has 240 valence electrons. The van der Waals surface area contributed by atoms with Gasteiger partial charge in [-0.2, -0.15) is 0 Å². The smallest absolute Gasteiger partial charge is 0.0540 e. The molecular formula is C50H35N. The van der Waals surface area contributed by atoms with E-state index in [2.05, 4.69) is 217 Å². The minimum Gasteiger partial charge on any atom is -0.310 e. The van der Waals surface area contributed by atoms with Crippen molar-refractivity contribution in [3.63, 3.8) is 0 Å². The maximum atomic E-state index is 2.37. The number of para-hydroxylation sites is 1. The number of hydrogen-bond donors (Lipinski definition) is 0. The molecule has 1 heteroatoms. The predicted octanol–water partition coefficient (Wildman–Crippen LogP) is 14.1. The molecule has 0 amide bonds. The second kappa shape index (κ2) is 13.3. The average Bonchev–Trinajstić information content (AvgIpc) is 3.22. The summed E-state index contributed by atoms with van der Waals surface area (Å²) in [7, 11) is 0. The molecular weight excluding hydrogens is 615 g/mol. The third-order valence-corrected chi connectivity index (χ3v) is 9.84. The van der Waals surface area contributed by atoms with E-state index >= 15 is 0 Å². The summed E-state index contributed by atoms with van der Waals surface area (Å²) in [6.45, 7) is 0. The number of fused-ring (bicyclic) bond motifs is 2. The van der Waals surface area contributed by atoms with E-state index in [1.54, 1.807) is 0 Å². The Labute approximate surface area is 299 Å². The van der Waals surface area contributed by atoms with Gasteiger partial charge < -0.3 is 4.90 Å². The van der Waals surface area contributed by atoms with Crippen LogP contribution in [0.1, 0.15) is 0 Å². The molecule has 0 spiro atoms. The molecule has 0 heterocycles. The van der Waals surface area contributed by atoms with Gasteiger partial charge in [-0.25, -0.2) is 0 Å². The Hall–Kier alpha value is -6.70. The van der Waals surface area contributed by atoms with E-state index in [1.807, 2.05) is 0 Å². The van der Waals surface area contributed by atoms with Crippen LogP contribution in [0.2, 0.25) is 0 Å². The molecule has 9 aromatic carbocycles. The molecule has 51 heavy (non-hydrogen) atoms. The Morgan fingerprint density at radius 1 is 0.235 bits per heavy atom. The van der Waals surface area contributed by atoms with E-state index in [0.717, 1.165) is 17.1 Å². The summed E-state index contributed by atoms with van der Waals surface area (Å²) in [6, 6.07) is 76.6. The Kier molecular flexibility index (Phi) is 7.92. The first-order valence-electron chi connectivity index (χ1n) is 17.5. The van der Waals surface area contributed by atoms with Gasteiger partial charge in [0, 0.05) is 16.9 Å². The van der Waals surface area contributed by atoms with Gasteiger partial charge in [0.05, 0.1) is 5.69 Å². The molecule has 0 N–H and O–H groups in total. The molecule has 0 fully saturated rings. The molecule has 0 aromatic heterocycles. The van der Waals surface area contributed by atoms with E-state index in [0.29, 0.717) is 0 Å². The van der Waals surface area contributed by atoms with E-state index in [-0.39, 0.29) is 0 Å². The molecule has 0 aliphatic carbocycles. The first-order valence-corrected chi connectivity index (χ1v) is 17.5. The van der Waals surface area contributed by atoms with Crippen molar-refractivity contribution in [3.05, 3.63) is 212 Å². The van der Waals surface area contributed by atoms with Gasteiger partial charge >= 0.3 is 0 Å². The van der Waals surface area contributed by atoms with Crippen LogP contribution in [0.15, 0.2) is 212 Å². The van der Waals surface area contributed by atoms with Crippen molar-refractivity contribution in [2.24, 2.45) is 0 Å². The largest absolute Gasteiger partial charge is 0.310 e. The van der Waals surface area contributed by atoms with Crippen molar-refractivity contribution >= 4 is 38.6 Å². The van der Waals surface area contributed by atoms with E-state index in [4.69, 9.17) is 0 Å². The summed E-state index contributed by atoms with van der Waals surface area (Å²) in [6.07, 6.45) is 0. The van der Waals surface area contributed by atoms with Crippen molar-refractivity contribution in [2.45, 2.75) is 0 Å². The van der Waals surface area contributed by atoms with Gasteiger partial charge in [-0.1, -0.05) is 164 Å². The lowest BCUT2D eigenvalue weighted by atomic mass is 9.96. The molecule has 0 aliphatic rings. The summed E-state index contributed by atoms with van der Waals surface area (Å²) in [5.74, 6) is 0. The van der Waals surface area contributed by atoms with E-state index < -0.39 is 0 Å². The molecule has 0 atom stereocenters. The van der Waals surface area contributed by atoms with Gasteiger partial charge in [0.25, 0.3) is 0 Å². The van der Waals surface area contributed by atoms with Crippen LogP contribution in [0.5, 0.6) is 0 Å². The lowest BCUT2D eigenvalue weighted by molar-refractivity contribution is 1.28. The average molecular weight is 650 g/mol. The second-order valence-corrected chi connectivity index (χ2v) is 13.0. The van der Waals surface area contributed by atoms with Crippen LogP contribution in [0.3, 0.4) is 0 Å². The van der Waals surface area contributed by atoms with Crippen LogP contribution in [-0.4, -0.2) is 0 Å². The standard InChI is InChI=1S/C50H35N/c1-3-11-36(12-4-1)38-25-29-47(30-26-38)51(50-18-10-9-17-49(50)40-14-5-2-6-15-40)48-31-27-39(28-32-48)42-21-22-45-35-46(24-23-44(45)34-42)43-20-19-37-13-7-8-16-41(37)33-43/h1-35H.